The third-order valence-electron chi connectivity index (χ3n) is 3.59. The van der Waals surface area contributed by atoms with Crippen LogP contribution in [0.15, 0.2) is 53.0 Å². The van der Waals surface area contributed by atoms with Crippen molar-refractivity contribution >= 4 is 49.8 Å². The fourth-order valence-electron chi connectivity index (χ4n) is 2.47. The Kier molecular flexibility index (Phi) is 4.37. The van der Waals surface area contributed by atoms with E-state index in [1.54, 1.807) is 0 Å². The lowest BCUT2D eigenvalue weighted by molar-refractivity contribution is -0.111. The summed E-state index contributed by atoms with van der Waals surface area (Å²) in [5, 5.41) is 3.29. The van der Waals surface area contributed by atoms with Gasteiger partial charge in [-0.15, -0.1) is 0 Å². The highest BCUT2D eigenvalue weighted by atomic mass is 32.1. The summed E-state index contributed by atoms with van der Waals surface area (Å²) in [5.74, 6) is 0.876. The molecule has 0 bridgehead atoms. The molecule has 0 aliphatic heterocycles. The summed E-state index contributed by atoms with van der Waals surface area (Å²) in [4.78, 5) is 20.8. The number of thiazole rings is 1. The highest BCUT2D eigenvalue weighted by Gasteiger charge is 2.08. The van der Waals surface area contributed by atoms with Crippen LogP contribution in [0.2, 0.25) is 0 Å². The van der Waals surface area contributed by atoms with Gasteiger partial charge in [0.2, 0.25) is 11.8 Å². The molecule has 4 aromatic rings. The fraction of sp³-hybridized carbons (Fsp3) is 0.105. The third-order valence-corrected chi connectivity index (χ3v) is 4.52. The lowest BCUT2D eigenvalue weighted by Crippen LogP contribution is -2.07. The van der Waals surface area contributed by atoms with Gasteiger partial charge in [0.1, 0.15) is 11.3 Å². The van der Waals surface area contributed by atoms with E-state index in [1.165, 1.54) is 23.5 Å². The first-order valence-corrected chi connectivity index (χ1v) is 8.91. The zero-order chi connectivity index (χ0) is 17.9. The second-order valence-corrected chi connectivity index (χ2v) is 6.45. The van der Waals surface area contributed by atoms with E-state index < -0.39 is 0 Å². The predicted molar refractivity (Wildman–Crippen MR) is 102 cm³/mol. The van der Waals surface area contributed by atoms with Gasteiger partial charge in [0.25, 0.3) is 0 Å². The van der Waals surface area contributed by atoms with Crippen LogP contribution in [0.25, 0.3) is 27.4 Å². The Morgan fingerprint density at radius 3 is 2.96 bits per heavy atom. The number of fused-ring (bicyclic) bond motifs is 2. The first-order valence-electron chi connectivity index (χ1n) is 8.09. The molecule has 0 saturated carbocycles. The smallest absolute Gasteiger partial charge is 0.250 e. The standard InChI is InChI=1S/C19H15N3O3S/c1-2-24-12-7-8-14-16(11-12)26-19(21-14)22-17(23)9-10-18-20-13-5-3-4-6-15(13)25-18/h3-11H,2H2,1H3,(H,21,22,23)/b10-9+. The molecule has 130 valence electrons. The minimum absolute atomic E-state index is 0.295. The maximum atomic E-state index is 12.1. The second kappa shape index (κ2) is 6.97. The molecule has 6 nitrogen and oxygen atoms in total. The van der Waals surface area contributed by atoms with Crippen molar-refractivity contribution in [1.82, 2.24) is 9.97 Å². The zero-order valence-corrected chi connectivity index (χ0v) is 14.7. The van der Waals surface area contributed by atoms with E-state index in [-0.39, 0.29) is 5.91 Å². The maximum absolute atomic E-state index is 12.1. The number of aromatic nitrogens is 2. The number of carbonyl (C=O) groups is 1. The fourth-order valence-corrected chi connectivity index (χ4v) is 3.37. The molecule has 2 heterocycles. The summed E-state index contributed by atoms with van der Waals surface area (Å²) in [6.45, 7) is 2.54. The van der Waals surface area contributed by atoms with Gasteiger partial charge in [-0.05, 0) is 37.3 Å². The number of para-hydroxylation sites is 2. The molecule has 26 heavy (non-hydrogen) atoms. The first kappa shape index (κ1) is 16.3. The van der Waals surface area contributed by atoms with Crippen molar-refractivity contribution in [3.8, 4) is 5.75 Å². The molecular weight excluding hydrogens is 350 g/mol. The van der Waals surface area contributed by atoms with Gasteiger partial charge >= 0.3 is 0 Å². The van der Waals surface area contributed by atoms with Crippen LogP contribution in [0.5, 0.6) is 5.75 Å². The Bertz CT molecular complexity index is 1080. The number of benzene rings is 2. The monoisotopic (exact) mass is 365 g/mol. The summed E-state index contributed by atoms with van der Waals surface area (Å²) < 4.78 is 12.0. The molecule has 0 fully saturated rings. The molecular formula is C19H15N3O3S. The average molecular weight is 365 g/mol. The highest BCUT2D eigenvalue weighted by Crippen LogP contribution is 2.29. The van der Waals surface area contributed by atoms with E-state index in [1.807, 2.05) is 49.4 Å². The molecule has 0 unspecified atom stereocenters. The number of ether oxygens (including phenoxy) is 1. The number of hydrogen-bond acceptors (Lipinski definition) is 6. The van der Waals surface area contributed by atoms with Gasteiger partial charge in [0.05, 0.1) is 16.8 Å². The lowest BCUT2D eigenvalue weighted by atomic mass is 10.3. The number of nitrogens with zero attached hydrogens (tertiary/aromatic N) is 2. The van der Waals surface area contributed by atoms with E-state index in [2.05, 4.69) is 15.3 Å². The van der Waals surface area contributed by atoms with Crippen molar-refractivity contribution in [3.05, 3.63) is 54.4 Å². The topological polar surface area (TPSA) is 77.2 Å². The molecule has 1 amide bonds. The second-order valence-electron chi connectivity index (χ2n) is 5.42. The molecule has 4 rings (SSSR count). The van der Waals surface area contributed by atoms with Crippen molar-refractivity contribution in [2.45, 2.75) is 6.92 Å². The molecule has 1 N–H and O–H groups in total. The van der Waals surface area contributed by atoms with Crippen molar-refractivity contribution in [2.75, 3.05) is 11.9 Å². The minimum atomic E-state index is -0.295. The van der Waals surface area contributed by atoms with Gasteiger partial charge in [-0.1, -0.05) is 23.5 Å². The van der Waals surface area contributed by atoms with Gasteiger partial charge in [-0.25, -0.2) is 9.97 Å². The van der Waals surface area contributed by atoms with Crippen LogP contribution in [0.1, 0.15) is 12.8 Å². The van der Waals surface area contributed by atoms with Crippen LogP contribution in [-0.4, -0.2) is 22.5 Å². The first-order chi connectivity index (χ1) is 12.7. The molecule has 0 atom stereocenters. The molecule has 0 aliphatic carbocycles. The molecule has 0 saturated heterocycles. The van der Waals surface area contributed by atoms with Gasteiger partial charge in [-0.2, -0.15) is 0 Å². The molecule has 0 aliphatic rings. The molecule has 2 aromatic carbocycles. The Balaban J connectivity index is 1.47. The Morgan fingerprint density at radius 1 is 1.23 bits per heavy atom. The van der Waals surface area contributed by atoms with Crippen LogP contribution in [-0.2, 0) is 4.79 Å². The van der Waals surface area contributed by atoms with Gasteiger partial charge < -0.3 is 9.15 Å². The van der Waals surface area contributed by atoms with Crippen LogP contribution >= 0.6 is 11.3 Å². The van der Waals surface area contributed by atoms with E-state index in [9.17, 15) is 4.79 Å². The largest absolute Gasteiger partial charge is 0.494 e. The van der Waals surface area contributed by atoms with Crippen LogP contribution < -0.4 is 10.1 Å². The molecule has 0 spiro atoms. The number of anilines is 1. The number of hydrogen-bond donors (Lipinski definition) is 1. The minimum Gasteiger partial charge on any atom is -0.494 e. The Morgan fingerprint density at radius 2 is 2.12 bits per heavy atom. The Hall–Kier alpha value is -3.19. The SMILES string of the molecule is CCOc1ccc2nc(NC(=O)/C=C/c3nc4ccccc4o3)sc2c1. The number of amides is 1. The van der Waals surface area contributed by atoms with E-state index in [0.717, 1.165) is 21.5 Å². The molecule has 7 heteroatoms. The summed E-state index contributed by atoms with van der Waals surface area (Å²) in [7, 11) is 0. The highest BCUT2D eigenvalue weighted by molar-refractivity contribution is 7.22. The number of carbonyl (C=O) groups excluding carboxylic acids is 1. The Labute approximate surface area is 153 Å². The summed E-state index contributed by atoms with van der Waals surface area (Å²) in [5.41, 5.74) is 2.25. The van der Waals surface area contributed by atoms with E-state index in [0.29, 0.717) is 23.2 Å². The molecule has 0 radical (unpaired) electrons. The van der Waals surface area contributed by atoms with Gasteiger partial charge in [-0.3, -0.25) is 10.1 Å². The lowest BCUT2D eigenvalue weighted by Gasteiger charge is -2.00. The quantitative estimate of drug-likeness (QED) is 0.527. The summed E-state index contributed by atoms with van der Waals surface area (Å²) in [6, 6.07) is 13.1. The summed E-state index contributed by atoms with van der Waals surface area (Å²) >= 11 is 1.40. The van der Waals surface area contributed by atoms with Crippen LogP contribution in [0.4, 0.5) is 5.13 Å². The normalized spacial score (nSPS) is 11.4. The predicted octanol–water partition coefficient (Wildman–Crippen LogP) is 4.49. The van der Waals surface area contributed by atoms with Gasteiger partial charge in [0, 0.05) is 12.2 Å². The number of oxazole rings is 1. The van der Waals surface area contributed by atoms with Crippen molar-refractivity contribution in [3.63, 3.8) is 0 Å². The summed E-state index contributed by atoms with van der Waals surface area (Å²) in [6.07, 6.45) is 2.91. The maximum Gasteiger partial charge on any atom is 0.250 e. The zero-order valence-electron chi connectivity index (χ0n) is 13.9. The van der Waals surface area contributed by atoms with Crippen LogP contribution in [0, 0.1) is 0 Å². The van der Waals surface area contributed by atoms with Crippen molar-refractivity contribution in [1.29, 1.82) is 0 Å². The average Bonchev–Trinajstić information content (AvgIpc) is 3.22. The van der Waals surface area contributed by atoms with Gasteiger partial charge in [0.15, 0.2) is 10.7 Å². The molecule has 2 aromatic heterocycles. The number of nitrogens with one attached hydrogen (secondary N) is 1. The van der Waals surface area contributed by atoms with E-state index >= 15 is 0 Å². The van der Waals surface area contributed by atoms with Crippen molar-refractivity contribution in [2.24, 2.45) is 0 Å². The van der Waals surface area contributed by atoms with E-state index in [4.69, 9.17) is 9.15 Å². The van der Waals surface area contributed by atoms with Crippen molar-refractivity contribution < 1.29 is 13.9 Å². The third kappa shape index (κ3) is 3.43. The number of rotatable bonds is 5. The van der Waals surface area contributed by atoms with Crippen LogP contribution in [0.3, 0.4) is 0 Å².